The van der Waals surface area contributed by atoms with Gasteiger partial charge in [0.15, 0.2) is 0 Å². The SMILES string of the molecule is O=S(=O)(NC1CCN(c2ncccc2C(F)(F)F)CC1)C1CC1. The van der Waals surface area contributed by atoms with Crippen LogP contribution < -0.4 is 9.62 Å². The van der Waals surface area contributed by atoms with Crippen molar-refractivity contribution in [3.05, 3.63) is 23.9 Å². The monoisotopic (exact) mass is 349 g/mol. The van der Waals surface area contributed by atoms with Gasteiger partial charge in [-0.1, -0.05) is 0 Å². The van der Waals surface area contributed by atoms with E-state index in [1.165, 1.54) is 12.3 Å². The largest absolute Gasteiger partial charge is 0.419 e. The van der Waals surface area contributed by atoms with E-state index in [-0.39, 0.29) is 17.1 Å². The number of aromatic nitrogens is 1. The first-order valence-electron chi connectivity index (χ1n) is 7.55. The molecule has 1 aromatic rings. The van der Waals surface area contributed by atoms with Gasteiger partial charge in [-0.2, -0.15) is 13.2 Å². The fourth-order valence-electron chi connectivity index (χ4n) is 2.79. The zero-order chi connectivity index (χ0) is 16.7. The average molecular weight is 349 g/mol. The van der Waals surface area contributed by atoms with Crippen LogP contribution in [0.25, 0.3) is 0 Å². The fourth-order valence-corrected chi connectivity index (χ4v) is 4.44. The van der Waals surface area contributed by atoms with Crippen LogP contribution in [0.2, 0.25) is 0 Å². The highest BCUT2D eigenvalue weighted by Gasteiger charge is 2.39. The zero-order valence-electron chi connectivity index (χ0n) is 12.4. The van der Waals surface area contributed by atoms with Gasteiger partial charge in [-0.3, -0.25) is 0 Å². The summed E-state index contributed by atoms with van der Waals surface area (Å²) in [6, 6.07) is 2.07. The number of halogens is 3. The molecule has 0 atom stereocenters. The van der Waals surface area contributed by atoms with E-state index < -0.39 is 21.8 Å². The number of rotatable bonds is 4. The number of nitrogens with one attached hydrogen (secondary N) is 1. The van der Waals surface area contributed by atoms with E-state index >= 15 is 0 Å². The summed E-state index contributed by atoms with van der Waals surface area (Å²) in [6.07, 6.45) is -0.784. The molecule has 0 unspecified atom stereocenters. The Balaban J connectivity index is 1.66. The Bertz CT molecular complexity index is 666. The summed E-state index contributed by atoms with van der Waals surface area (Å²) >= 11 is 0. The van der Waals surface area contributed by atoms with Gasteiger partial charge in [-0.15, -0.1) is 0 Å². The minimum absolute atomic E-state index is 0.0801. The van der Waals surface area contributed by atoms with Crippen molar-refractivity contribution in [1.29, 1.82) is 0 Å². The molecule has 1 N–H and O–H groups in total. The molecule has 23 heavy (non-hydrogen) atoms. The normalized spacial score (nSPS) is 20.7. The maximum absolute atomic E-state index is 13.0. The van der Waals surface area contributed by atoms with E-state index in [0.717, 1.165) is 6.07 Å². The van der Waals surface area contributed by atoms with Crippen molar-refractivity contribution in [3.8, 4) is 0 Å². The fraction of sp³-hybridized carbons (Fsp3) is 0.643. The van der Waals surface area contributed by atoms with Gasteiger partial charge in [0.1, 0.15) is 5.82 Å². The van der Waals surface area contributed by atoms with Crippen molar-refractivity contribution in [2.24, 2.45) is 0 Å². The molecule has 1 aromatic heterocycles. The molecule has 0 bridgehead atoms. The van der Waals surface area contributed by atoms with Crippen LogP contribution in [0.15, 0.2) is 18.3 Å². The zero-order valence-corrected chi connectivity index (χ0v) is 13.2. The lowest BCUT2D eigenvalue weighted by molar-refractivity contribution is -0.137. The van der Waals surface area contributed by atoms with Gasteiger partial charge >= 0.3 is 6.18 Å². The quantitative estimate of drug-likeness (QED) is 0.905. The van der Waals surface area contributed by atoms with E-state index in [1.807, 2.05) is 0 Å². The molecule has 128 valence electrons. The van der Waals surface area contributed by atoms with Crippen LogP contribution in [-0.2, 0) is 16.2 Å². The second kappa shape index (κ2) is 5.94. The summed E-state index contributed by atoms with van der Waals surface area (Å²) in [5.41, 5.74) is -0.753. The lowest BCUT2D eigenvalue weighted by Gasteiger charge is -2.34. The summed E-state index contributed by atoms with van der Waals surface area (Å²) in [4.78, 5) is 5.45. The molecule has 1 saturated carbocycles. The predicted molar refractivity (Wildman–Crippen MR) is 79.6 cm³/mol. The van der Waals surface area contributed by atoms with Crippen molar-refractivity contribution in [2.45, 2.75) is 43.2 Å². The van der Waals surface area contributed by atoms with Crippen molar-refractivity contribution >= 4 is 15.8 Å². The van der Waals surface area contributed by atoms with Gasteiger partial charge < -0.3 is 4.90 Å². The molecular weight excluding hydrogens is 331 g/mol. The topological polar surface area (TPSA) is 62.3 Å². The third-order valence-electron chi connectivity index (χ3n) is 4.18. The molecule has 0 aromatic carbocycles. The van der Waals surface area contributed by atoms with Crippen LogP contribution in [0.1, 0.15) is 31.2 Å². The molecule has 1 saturated heterocycles. The molecule has 2 heterocycles. The van der Waals surface area contributed by atoms with Crippen LogP contribution in [0.4, 0.5) is 19.0 Å². The van der Waals surface area contributed by atoms with Crippen LogP contribution in [0, 0.1) is 0 Å². The first-order valence-corrected chi connectivity index (χ1v) is 9.10. The molecule has 2 fully saturated rings. The van der Waals surface area contributed by atoms with Crippen molar-refractivity contribution in [3.63, 3.8) is 0 Å². The highest BCUT2D eigenvalue weighted by molar-refractivity contribution is 7.90. The number of hydrogen-bond donors (Lipinski definition) is 1. The van der Waals surface area contributed by atoms with Gasteiger partial charge in [-0.05, 0) is 37.8 Å². The van der Waals surface area contributed by atoms with E-state index in [4.69, 9.17) is 0 Å². The molecule has 5 nitrogen and oxygen atoms in total. The predicted octanol–water partition coefficient (Wildman–Crippen LogP) is 2.15. The van der Waals surface area contributed by atoms with Gasteiger partial charge in [0, 0.05) is 25.3 Å². The van der Waals surface area contributed by atoms with E-state index in [2.05, 4.69) is 9.71 Å². The van der Waals surface area contributed by atoms with Crippen LogP contribution in [0.5, 0.6) is 0 Å². The second-order valence-electron chi connectivity index (χ2n) is 6.00. The van der Waals surface area contributed by atoms with Gasteiger partial charge in [-0.25, -0.2) is 18.1 Å². The maximum atomic E-state index is 13.0. The molecule has 3 rings (SSSR count). The molecule has 1 aliphatic carbocycles. The van der Waals surface area contributed by atoms with E-state index in [0.29, 0.717) is 38.8 Å². The number of sulfonamides is 1. The summed E-state index contributed by atoms with van der Waals surface area (Å²) in [6.45, 7) is 0.690. The molecule has 9 heteroatoms. The van der Waals surface area contributed by atoms with Crippen molar-refractivity contribution < 1.29 is 21.6 Å². The van der Waals surface area contributed by atoms with Crippen molar-refractivity contribution in [2.75, 3.05) is 18.0 Å². The Hall–Kier alpha value is -1.35. The molecule has 0 spiro atoms. The van der Waals surface area contributed by atoms with Crippen LogP contribution in [0.3, 0.4) is 0 Å². The molecular formula is C14H18F3N3O2S. The third-order valence-corrected chi connectivity index (χ3v) is 6.19. The summed E-state index contributed by atoms with van der Waals surface area (Å²) in [7, 11) is -3.26. The Labute approximate surface area is 132 Å². The maximum Gasteiger partial charge on any atom is 0.419 e. The van der Waals surface area contributed by atoms with Gasteiger partial charge in [0.25, 0.3) is 0 Å². The van der Waals surface area contributed by atoms with E-state index in [9.17, 15) is 21.6 Å². The number of hydrogen-bond acceptors (Lipinski definition) is 4. The third kappa shape index (κ3) is 3.77. The minimum atomic E-state index is -4.45. The smallest absolute Gasteiger partial charge is 0.356 e. The Morgan fingerprint density at radius 1 is 1.17 bits per heavy atom. The standard InChI is InChI=1S/C14H18F3N3O2S/c15-14(16,17)12-2-1-7-18-13(12)20-8-5-10(6-9-20)19-23(21,22)11-3-4-11/h1-2,7,10-11,19H,3-6,8-9H2. The Morgan fingerprint density at radius 3 is 2.39 bits per heavy atom. The van der Waals surface area contributed by atoms with Gasteiger partial charge in [0.2, 0.25) is 10.0 Å². The Kier molecular flexibility index (Phi) is 4.26. The number of piperidine rings is 1. The second-order valence-corrected chi connectivity index (χ2v) is 7.99. The van der Waals surface area contributed by atoms with E-state index in [1.54, 1.807) is 4.90 Å². The highest BCUT2D eigenvalue weighted by Crippen LogP contribution is 2.36. The first-order chi connectivity index (χ1) is 10.8. The van der Waals surface area contributed by atoms with Crippen LogP contribution >= 0.6 is 0 Å². The van der Waals surface area contributed by atoms with Crippen molar-refractivity contribution in [1.82, 2.24) is 9.71 Å². The molecule has 0 radical (unpaired) electrons. The molecule has 1 aliphatic heterocycles. The first kappa shape index (κ1) is 16.5. The average Bonchev–Trinajstić information content (AvgIpc) is 3.32. The minimum Gasteiger partial charge on any atom is -0.356 e. The summed E-state index contributed by atoms with van der Waals surface area (Å²) in [5, 5.41) is -0.284. The number of nitrogens with zero attached hydrogens (tertiary/aromatic N) is 2. The Morgan fingerprint density at radius 2 is 1.83 bits per heavy atom. The number of pyridine rings is 1. The van der Waals surface area contributed by atoms with Gasteiger partial charge in [0.05, 0.1) is 10.8 Å². The summed E-state index contributed by atoms with van der Waals surface area (Å²) in [5.74, 6) is -0.0801. The lowest BCUT2D eigenvalue weighted by Crippen LogP contribution is -2.46. The molecule has 2 aliphatic rings. The highest BCUT2D eigenvalue weighted by atomic mass is 32.2. The molecule has 0 amide bonds. The number of alkyl halides is 3. The summed E-state index contributed by atoms with van der Waals surface area (Å²) < 4.78 is 65.6. The van der Waals surface area contributed by atoms with Crippen LogP contribution in [-0.4, -0.2) is 37.8 Å². The number of anilines is 1. The lowest BCUT2D eigenvalue weighted by atomic mass is 10.1.